The molecule has 112 valence electrons. The number of rotatable bonds is 4. The Morgan fingerprint density at radius 1 is 1.14 bits per heavy atom. The second-order valence-electron chi connectivity index (χ2n) is 4.98. The van der Waals surface area contributed by atoms with Gasteiger partial charge in [0.25, 0.3) is 0 Å². The summed E-state index contributed by atoms with van der Waals surface area (Å²) in [5, 5.41) is 2.68. The summed E-state index contributed by atoms with van der Waals surface area (Å²) < 4.78 is 10.1. The zero-order valence-electron chi connectivity index (χ0n) is 11.9. The molecule has 2 aromatic rings. The van der Waals surface area contributed by atoms with Crippen molar-refractivity contribution in [1.29, 1.82) is 0 Å². The third-order valence-corrected chi connectivity index (χ3v) is 3.40. The molecule has 0 aliphatic carbocycles. The minimum absolute atomic E-state index is 0.235. The highest BCUT2D eigenvalue weighted by molar-refractivity contribution is 5.93. The predicted octanol–water partition coefficient (Wildman–Crippen LogP) is 2.78. The Hall–Kier alpha value is -2.82. The third kappa shape index (κ3) is 3.25. The van der Waals surface area contributed by atoms with Crippen LogP contribution >= 0.6 is 0 Å². The van der Waals surface area contributed by atoms with Gasteiger partial charge in [0.1, 0.15) is 13.2 Å². The van der Waals surface area contributed by atoms with E-state index in [1.54, 1.807) is 12.1 Å². The Bertz CT molecular complexity index is 697. The van der Waals surface area contributed by atoms with Crippen LogP contribution < -0.4 is 5.32 Å². The lowest BCUT2D eigenvalue weighted by molar-refractivity contribution is 0.0535. The quantitative estimate of drug-likeness (QED) is 0.881. The van der Waals surface area contributed by atoms with Crippen LogP contribution in [-0.4, -0.2) is 12.1 Å². The second kappa shape index (κ2) is 6.30. The first-order valence-corrected chi connectivity index (χ1v) is 6.96. The van der Waals surface area contributed by atoms with E-state index in [1.807, 2.05) is 36.4 Å². The van der Waals surface area contributed by atoms with Crippen molar-refractivity contribution in [2.45, 2.75) is 19.8 Å². The number of amides is 1. The summed E-state index contributed by atoms with van der Waals surface area (Å²) in [4.78, 5) is 23.0. The second-order valence-corrected chi connectivity index (χ2v) is 4.98. The maximum absolute atomic E-state index is 11.7. The molecule has 5 heteroatoms. The number of ether oxygens (including phenoxy) is 2. The smallest absolute Gasteiger partial charge is 0.407 e. The molecule has 1 N–H and O–H groups in total. The van der Waals surface area contributed by atoms with Gasteiger partial charge in [0.2, 0.25) is 0 Å². The minimum Gasteiger partial charge on any atom is -0.457 e. The molecule has 1 amide bonds. The van der Waals surface area contributed by atoms with Gasteiger partial charge in [0.05, 0.1) is 5.56 Å². The van der Waals surface area contributed by atoms with E-state index >= 15 is 0 Å². The van der Waals surface area contributed by atoms with Gasteiger partial charge in [-0.2, -0.15) is 0 Å². The number of carbonyl (C=O) groups excluding carboxylic acids is 2. The first-order chi connectivity index (χ1) is 10.7. The third-order valence-electron chi connectivity index (χ3n) is 3.40. The van der Waals surface area contributed by atoms with Crippen molar-refractivity contribution in [2.75, 3.05) is 0 Å². The summed E-state index contributed by atoms with van der Waals surface area (Å²) >= 11 is 0. The molecular formula is C17H15NO4. The molecule has 5 nitrogen and oxygen atoms in total. The van der Waals surface area contributed by atoms with Gasteiger partial charge in [-0.1, -0.05) is 36.4 Å². The van der Waals surface area contributed by atoms with E-state index in [0.29, 0.717) is 18.7 Å². The van der Waals surface area contributed by atoms with Crippen LogP contribution in [0.25, 0.3) is 0 Å². The van der Waals surface area contributed by atoms with E-state index in [0.717, 1.165) is 16.7 Å². The van der Waals surface area contributed by atoms with E-state index in [4.69, 9.17) is 9.47 Å². The zero-order valence-corrected chi connectivity index (χ0v) is 11.9. The van der Waals surface area contributed by atoms with Crippen molar-refractivity contribution >= 4 is 12.1 Å². The number of benzene rings is 2. The van der Waals surface area contributed by atoms with Crippen LogP contribution in [0.3, 0.4) is 0 Å². The molecule has 2 aromatic carbocycles. The molecule has 22 heavy (non-hydrogen) atoms. The fraction of sp³-hybridized carbons (Fsp3) is 0.176. The monoisotopic (exact) mass is 297 g/mol. The Balaban J connectivity index is 1.50. The molecule has 0 atom stereocenters. The standard InChI is InChI=1S/C17H15NO4/c19-16-15-7-6-13(8-14(15)11-21-16)9-18-17(20)22-10-12-4-2-1-3-5-12/h1-8H,9-11H2,(H,18,20). The largest absolute Gasteiger partial charge is 0.457 e. The van der Waals surface area contributed by atoms with Crippen molar-refractivity contribution in [1.82, 2.24) is 5.32 Å². The van der Waals surface area contributed by atoms with Crippen molar-refractivity contribution in [2.24, 2.45) is 0 Å². The van der Waals surface area contributed by atoms with Crippen molar-refractivity contribution in [3.8, 4) is 0 Å². The van der Waals surface area contributed by atoms with Gasteiger partial charge in [-0.15, -0.1) is 0 Å². The SMILES string of the molecule is O=C(NCc1ccc2c(c1)COC2=O)OCc1ccccc1. The fourth-order valence-electron chi connectivity index (χ4n) is 2.25. The average molecular weight is 297 g/mol. The van der Waals surface area contributed by atoms with Crippen LogP contribution in [0.15, 0.2) is 48.5 Å². The topological polar surface area (TPSA) is 64.6 Å². The number of alkyl carbamates (subject to hydrolysis) is 1. The fourth-order valence-corrected chi connectivity index (χ4v) is 2.25. The molecule has 0 spiro atoms. The van der Waals surface area contributed by atoms with E-state index in [2.05, 4.69) is 5.32 Å². The lowest BCUT2D eigenvalue weighted by Gasteiger charge is -2.07. The molecule has 3 rings (SSSR count). The Morgan fingerprint density at radius 2 is 1.95 bits per heavy atom. The van der Waals surface area contributed by atoms with Crippen LogP contribution in [-0.2, 0) is 29.2 Å². The number of esters is 1. The Morgan fingerprint density at radius 3 is 2.77 bits per heavy atom. The Kier molecular flexibility index (Phi) is 4.05. The molecule has 0 unspecified atom stereocenters. The number of hydrogen-bond donors (Lipinski definition) is 1. The van der Waals surface area contributed by atoms with E-state index < -0.39 is 6.09 Å². The molecule has 0 saturated carbocycles. The summed E-state index contributed by atoms with van der Waals surface area (Å²) in [5.41, 5.74) is 3.27. The van der Waals surface area contributed by atoms with Gasteiger partial charge < -0.3 is 14.8 Å². The predicted molar refractivity (Wildman–Crippen MR) is 79.0 cm³/mol. The summed E-state index contributed by atoms with van der Waals surface area (Å²) in [6.45, 7) is 0.870. The zero-order chi connectivity index (χ0) is 15.4. The van der Waals surface area contributed by atoms with Crippen LogP contribution in [0.5, 0.6) is 0 Å². The molecule has 1 aliphatic heterocycles. The van der Waals surface area contributed by atoms with Crippen LogP contribution in [0, 0.1) is 0 Å². The summed E-state index contributed by atoms with van der Waals surface area (Å²) in [6, 6.07) is 14.9. The normalized spacial score (nSPS) is 12.5. The molecular weight excluding hydrogens is 282 g/mol. The molecule has 0 aromatic heterocycles. The first-order valence-electron chi connectivity index (χ1n) is 6.96. The summed E-state index contributed by atoms with van der Waals surface area (Å²) in [6.07, 6.45) is -0.475. The number of fused-ring (bicyclic) bond motifs is 1. The van der Waals surface area contributed by atoms with Crippen molar-refractivity contribution in [3.05, 3.63) is 70.8 Å². The van der Waals surface area contributed by atoms with Crippen molar-refractivity contribution in [3.63, 3.8) is 0 Å². The highest BCUT2D eigenvalue weighted by atomic mass is 16.5. The molecule has 0 saturated heterocycles. The average Bonchev–Trinajstić information content (AvgIpc) is 2.93. The maximum atomic E-state index is 11.7. The molecule has 1 aliphatic rings. The number of cyclic esters (lactones) is 1. The van der Waals surface area contributed by atoms with Gasteiger partial charge in [0, 0.05) is 12.1 Å². The summed E-state index contributed by atoms with van der Waals surface area (Å²) in [5.74, 6) is -0.295. The summed E-state index contributed by atoms with van der Waals surface area (Å²) in [7, 11) is 0. The van der Waals surface area contributed by atoms with Gasteiger partial charge in [0.15, 0.2) is 0 Å². The number of hydrogen-bond acceptors (Lipinski definition) is 4. The van der Waals surface area contributed by atoms with E-state index in [-0.39, 0.29) is 12.6 Å². The van der Waals surface area contributed by atoms with Crippen LogP contribution in [0.1, 0.15) is 27.0 Å². The number of carbonyl (C=O) groups is 2. The highest BCUT2D eigenvalue weighted by Crippen LogP contribution is 2.20. The molecule has 0 radical (unpaired) electrons. The molecule has 0 fully saturated rings. The van der Waals surface area contributed by atoms with Gasteiger partial charge >= 0.3 is 12.1 Å². The van der Waals surface area contributed by atoms with Gasteiger partial charge in [-0.25, -0.2) is 9.59 Å². The van der Waals surface area contributed by atoms with Gasteiger partial charge in [-0.3, -0.25) is 0 Å². The number of nitrogens with one attached hydrogen (secondary N) is 1. The Labute approximate surface area is 127 Å². The van der Waals surface area contributed by atoms with E-state index in [1.165, 1.54) is 0 Å². The lowest BCUT2D eigenvalue weighted by atomic mass is 10.1. The van der Waals surface area contributed by atoms with Gasteiger partial charge in [-0.05, 0) is 23.3 Å². The van der Waals surface area contributed by atoms with E-state index in [9.17, 15) is 9.59 Å². The van der Waals surface area contributed by atoms with Crippen molar-refractivity contribution < 1.29 is 19.1 Å². The van der Waals surface area contributed by atoms with Crippen LogP contribution in [0.2, 0.25) is 0 Å². The maximum Gasteiger partial charge on any atom is 0.407 e. The molecule has 1 heterocycles. The lowest BCUT2D eigenvalue weighted by Crippen LogP contribution is -2.23. The minimum atomic E-state index is -0.475. The molecule has 0 bridgehead atoms. The first kappa shape index (κ1) is 14.1. The van der Waals surface area contributed by atoms with Crippen LogP contribution in [0.4, 0.5) is 4.79 Å². The highest BCUT2D eigenvalue weighted by Gasteiger charge is 2.20.